The summed E-state index contributed by atoms with van der Waals surface area (Å²) in [5.41, 5.74) is 1.42. The highest BCUT2D eigenvalue weighted by Gasteiger charge is 2.30. The van der Waals surface area contributed by atoms with Gasteiger partial charge in [-0.2, -0.15) is 4.72 Å². The van der Waals surface area contributed by atoms with E-state index < -0.39 is 21.8 Å². The van der Waals surface area contributed by atoms with E-state index in [1.54, 1.807) is 30.3 Å². The lowest BCUT2D eigenvalue weighted by Gasteiger charge is -2.23. The van der Waals surface area contributed by atoms with Crippen molar-refractivity contribution in [2.75, 3.05) is 37.6 Å². The van der Waals surface area contributed by atoms with Gasteiger partial charge >= 0.3 is 0 Å². The number of para-hydroxylation sites is 1. The molecule has 0 saturated heterocycles. The molecule has 2 amide bonds. The zero-order valence-electron chi connectivity index (χ0n) is 16.7. The number of ether oxygens (including phenoxy) is 1. The average molecular weight is 468 g/mol. The maximum absolute atomic E-state index is 13.3. The molecule has 0 aromatic heterocycles. The molecule has 0 bridgehead atoms. The van der Waals surface area contributed by atoms with Gasteiger partial charge in [0.25, 0.3) is 5.91 Å². The van der Waals surface area contributed by atoms with Gasteiger partial charge in [0.15, 0.2) is 0 Å². The number of benzene rings is 2. The Labute approximate surface area is 185 Å². The van der Waals surface area contributed by atoms with Gasteiger partial charge in [0.1, 0.15) is 18.9 Å². The number of hydrogen-bond acceptors (Lipinski definition) is 6. The van der Waals surface area contributed by atoms with E-state index >= 15 is 0 Å². The number of carbonyl (C=O) groups excluding carboxylic acids is 2. The number of halogens is 1. The lowest BCUT2D eigenvalue weighted by atomic mass is 10.1. The first-order valence-corrected chi connectivity index (χ1v) is 11.6. The van der Waals surface area contributed by atoms with Crippen LogP contribution >= 0.6 is 11.6 Å². The van der Waals surface area contributed by atoms with Gasteiger partial charge in [0, 0.05) is 12.2 Å². The minimum absolute atomic E-state index is 0.0922. The van der Waals surface area contributed by atoms with Crippen LogP contribution in [0, 0.1) is 0 Å². The summed E-state index contributed by atoms with van der Waals surface area (Å²) in [7, 11) is -3.49. The molecule has 2 N–H and O–H groups in total. The summed E-state index contributed by atoms with van der Waals surface area (Å²) in [6.45, 7) is -0.403. The molecule has 2 aromatic carbocycles. The number of aliphatic hydroxyl groups excluding tert-OH is 1. The Balaban J connectivity index is 1.90. The van der Waals surface area contributed by atoms with E-state index in [0.29, 0.717) is 17.0 Å². The third kappa shape index (κ3) is 5.73. The predicted octanol–water partition coefficient (Wildman–Crippen LogP) is 1.21. The molecule has 0 aliphatic carbocycles. The highest BCUT2D eigenvalue weighted by atomic mass is 35.5. The number of nitrogens with zero attached hydrogens (tertiary/aromatic N) is 2. The van der Waals surface area contributed by atoms with E-state index in [1.165, 1.54) is 21.9 Å². The van der Waals surface area contributed by atoms with Gasteiger partial charge in [-0.05, 0) is 29.8 Å². The fourth-order valence-electron chi connectivity index (χ4n) is 3.11. The Morgan fingerprint density at radius 3 is 2.65 bits per heavy atom. The standard InChI is InChI=1S/C20H22ClN3O6S/c1-31(28,29)22-13-23-11-14-4-2-3-5-18(14)24(12-19(23)26)20(27)16-7-6-15(10-17(16)21)30-9-8-25/h2-7,10,22,25H,8-9,11-13H2,1H3. The molecule has 1 aliphatic rings. The van der Waals surface area contributed by atoms with Crippen LogP contribution in [0.5, 0.6) is 5.75 Å². The lowest BCUT2D eigenvalue weighted by molar-refractivity contribution is -0.130. The monoisotopic (exact) mass is 467 g/mol. The number of aliphatic hydroxyl groups is 1. The highest BCUT2D eigenvalue weighted by molar-refractivity contribution is 7.88. The van der Waals surface area contributed by atoms with E-state index in [-0.39, 0.29) is 43.6 Å². The number of fused-ring (bicyclic) bond motifs is 1. The van der Waals surface area contributed by atoms with Crippen LogP contribution in [0.15, 0.2) is 42.5 Å². The van der Waals surface area contributed by atoms with Gasteiger partial charge in [-0.3, -0.25) is 14.5 Å². The molecule has 0 unspecified atom stereocenters. The quantitative estimate of drug-likeness (QED) is 0.632. The fraction of sp³-hybridized carbons (Fsp3) is 0.300. The number of sulfonamides is 1. The first kappa shape index (κ1) is 23.0. The molecule has 9 nitrogen and oxygen atoms in total. The van der Waals surface area contributed by atoms with Crippen molar-refractivity contribution in [2.45, 2.75) is 6.54 Å². The summed E-state index contributed by atoms with van der Waals surface area (Å²) in [4.78, 5) is 28.8. The minimum Gasteiger partial charge on any atom is -0.491 e. The Bertz CT molecular complexity index is 1090. The second kappa shape index (κ2) is 9.65. The Morgan fingerprint density at radius 2 is 1.97 bits per heavy atom. The number of anilines is 1. The third-order valence-corrected chi connectivity index (χ3v) is 5.55. The topological polar surface area (TPSA) is 116 Å². The van der Waals surface area contributed by atoms with Gasteiger partial charge in [-0.15, -0.1) is 0 Å². The largest absolute Gasteiger partial charge is 0.491 e. The Hall–Kier alpha value is -2.66. The number of nitrogens with one attached hydrogen (secondary N) is 1. The van der Waals surface area contributed by atoms with Crippen molar-refractivity contribution in [3.05, 3.63) is 58.6 Å². The van der Waals surface area contributed by atoms with Crippen LogP contribution in [0.2, 0.25) is 5.02 Å². The van der Waals surface area contributed by atoms with Gasteiger partial charge in [-0.1, -0.05) is 29.8 Å². The molecule has 3 rings (SSSR count). The molecule has 1 aliphatic heterocycles. The van der Waals surface area contributed by atoms with E-state index in [4.69, 9.17) is 21.4 Å². The van der Waals surface area contributed by atoms with E-state index in [2.05, 4.69) is 4.72 Å². The van der Waals surface area contributed by atoms with E-state index in [9.17, 15) is 18.0 Å². The summed E-state index contributed by atoms with van der Waals surface area (Å²) in [6.07, 6.45) is 1.01. The van der Waals surface area contributed by atoms with E-state index in [1.807, 2.05) is 0 Å². The Kier molecular flexibility index (Phi) is 7.16. The van der Waals surface area contributed by atoms with Gasteiger partial charge in [0.05, 0.1) is 30.1 Å². The van der Waals surface area contributed by atoms with Crippen LogP contribution in [0.3, 0.4) is 0 Å². The first-order chi connectivity index (χ1) is 14.7. The molecule has 0 radical (unpaired) electrons. The number of rotatable bonds is 7. The molecule has 1 heterocycles. The molecule has 0 atom stereocenters. The molecular formula is C20H22ClN3O6S. The van der Waals surface area contributed by atoms with Crippen LogP contribution < -0.4 is 14.4 Å². The summed E-state index contributed by atoms with van der Waals surface area (Å²) in [5, 5.41) is 9.01. The van der Waals surface area contributed by atoms with Crippen LogP contribution in [-0.2, 0) is 21.4 Å². The van der Waals surface area contributed by atoms with Gasteiger partial charge in [0.2, 0.25) is 15.9 Å². The molecule has 2 aromatic rings. The van der Waals surface area contributed by atoms with Crippen molar-refractivity contribution in [3.8, 4) is 5.75 Å². The third-order valence-electron chi connectivity index (χ3n) is 4.58. The predicted molar refractivity (Wildman–Crippen MR) is 116 cm³/mol. The van der Waals surface area contributed by atoms with Crippen molar-refractivity contribution >= 4 is 39.1 Å². The number of hydrogen-bond donors (Lipinski definition) is 2. The molecule has 166 valence electrons. The van der Waals surface area contributed by atoms with Gasteiger partial charge in [-0.25, -0.2) is 8.42 Å². The molecule has 0 fully saturated rings. The number of amides is 2. The summed E-state index contributed by atoms with van der Waals surface area (Å²) >= 11 is 6.29. The molecule has 11 heteroatoms. The van der Waals surface area contributed by atoms with Gasteiger partial charge < -0.3 is 14.7 Å². The second-order valence-corrected chi connectivity index (χ2v) is 9.14. The second-order valence-electron chi connectivity index (χ2n) is 6.90. The van der Waals surface area contributed by atoms with Crippen molar-refractivity contribution < 1.29 is 27.9 Å². The van der Waals surface area contributed by atoms with Crippen molar-refractivity contribution in [1.82, 2.24) is 9.62 Å². The zero-order valence-corrected chi connectivity index (χ0v) is 18.3. The smallest absolute Gasteiger partial charge is 0.260 e. The summed E-state index contributed by atoms with van der Waals surface area (Å²) in [5.74, 6) is -0.488. The summed E-state index contributed by atoms with van der Waals surface area (Å²) < 4.78 is 30.5. The molecular weight excluding hydrogens is 446 g/mol. The van der Waals surface area contributed by atoms with Crippen LogP contribution in [0.1, 0.15) is 15.9 Å². The molecule has 0 saturated carbocycles. The minimum atomic E-state index is -3.49. The van der Waals surface area contributed by atoms with Crippen molar-refractivity contribution in [1.29, 1.82) is 0 Å². The van der Waals surface area contributed by atoms with Crippen LogP contribution in [0.25, 0.3) is 0 Å². The lowest BCUT2D eigenvalue weighted by Crippen LogP contribution is -2.44. The highest BCUT2D eigenvalue weighted by Crippen LogP contribution is 2.30. The fourth-order valence-corrected chi connectivity index (χ4v) is 3.75. The summed E-state index contributed by atoms with van der Waals surface area (Å²) in [6, 6.07) is 11.6. The first-order valence-electron chi connectivity index (χ1n) is 9.35. The maximum atomic E-state index is 13.3. The zero-order chi connectivity index (χ0) is 22.6. The van der Waals surface area contributed by atoms with Crippen molar-refractivity contribution in [3.63, 3.8) is 0 Å². The molecule has 0 spiro atoms. The number of carbonyl (C=O) groups is 2. The van der Waals surface area contributed by atoms with Crippen molar-refractivity contribution in [2.24, 2.45) is 0 Å². The normalized spacial score (nSPS) is 14.2. The van der Waals surface area contributed by atoms with Crippen LogP contribution in [-0.4, -0.2) is 62.9 Å². The average Bonchev–Trinajstić information content (AvgIpc) is 2.86. The molecule has 31 heavy (non-hydrogen) atoms. The Morgan fingerprint density at radius 1 is 1.23 bits per heavy atom. The SMILES string of the molecule is CS(=O)(=O)NCN1Cc2ccccc2N(C(=O)c2ccc(OCCO)cc2Cl)CC1=O. The maximum Gasteiger partial charge on any atom is 0.260 e. The van der Waals surface area contributed by atoms with Crippen LogP contribution in [0.4, 0.5) is 5.69 Å². The van der Waals surface area contributed by atoms with E-state index in [0.717, 1.165) is 6.26 Å².